The predicted molar refractivity (Wildman–Crippen MR) is 80.7 cm³/mol. The summed E-state index contributed by atoms with van der Waals surface area (Å²) in [5.41, 5.74) is 2.11. The molecule has 1 saturated heterocycles. The molecule has 1 aliphatic heterocycles. The second-order valence-corrected chi connectivity index (χ2v) is 5.85. The number of benzene rings is 1. The van der Waals surface area contributed by atoms with E-state index in [1.807, 2.05) is 18.2 Å². The predicted octanol–water partition coefficient (Wildman–Crippen LogP) is 3.50. The number of nitrogens with one attached hydrogen (secondary N) is 1. The normalized spacial score (nSPS) is 18.9. The maximum Gasteiger partial charge on any atom is 0.224 e. The smallest absolute Gasteiger partial charge is 0.224 e. The van der Waals surface area contributed by atoms with Crippen molar-refractivity contribution in [1.29, 1.82) is 0 Å². The summed E-state index contributed by atoms with van der Waals surface area (Å²) in [6, 6.07) is 5.97. The lowest BCUT2D eigenvalue weighted by Crippen LogP contribution is -2.15. The minimum absolute atomic E-state index is 0.0742. The lowest BCUT2D eigenvalue weighted by molar-refractivity contribution is -0.116. The zero-order valence-corrected chi connectivity index (χ0v) is 12.7. The summed E-state index contributed by atoms with van der Waals surface area (Å²) >= 11 is 2.28. The largest absolute Gasteiger partial charge is 0.378 e. The Balaban J connectivity index is 1.80. The van der Waals surface area contributed by atoms with Crippen LogP contribution in [-0.4, -0.2) is 18.6 Å². The van der Waals surface area contributed by atoms with Gasteiger partial charge in [-0.15, -0.1) is 0 Å². The van der Waals surface area contributed by atoms with Crippen molar-refractivity contribution in [3.8, 4) is 0 Å². The summed E-state index contributed by atoms with van der Waals surface area (Å²) in [6.45, 7) is 2.91. The van der Waals surface area contributed by atoms with Crippen LogP contribution < -0.4 is 5.32 Å². The number of carbonyl (C=O) groups is 1. The first-order valence-corrected chi connectivity index (χ1v) is 7.40. The van der Waals surface area contributed by atoms with E-state index in [9.17, 15) is 4.79 Å². The van der Waals surface area contributed by atoms with Gasteiger partial charge in [0, 0.05) is 22.3 Å². The van der Waals surface area contributed by atoms with Gasteiger partial charge in [0.15, 0.2) is 0 Å². The van der Waals surface area contributed by atoms with E-state index in [1.54, 1.807) is 0 Å². The van der Waals surface area contributed by atoms with Gasteiger partial charge in [0.1, 0.15) is 0 Å². The molecule has 0 bridgehead atoms. The molecule has 1 aromatic carbocycles. The standard InChI is InChI=1S/C14H18INO2/c1-10-4-5-11(9-13(10)15)16-14(17)7-6-12-3-2-8-18-12/h4-5,9,12H,2-3,6-8H2,1H3,(H,16,17). The highest BCUT2D eigenvalue weighted by molar-refractivity contribution is 14.1. The summed E-state index contributed by atoms with van der Waals surface area (Å²) in [6.07, 6.45) is 3.87. The van der Waals surface area contributed by atoms with E-state index in [0.29, 0.717) is 6.42 Å². The van der Waals surface area contributed by atoms with Crippen LogP contribution in [0.3, 0.4) is 0 Å². The molecule has 0 radical (unpaired) electrons. The van der Waals surface area contributed by atoms with Crippen LogP contribution >= 0.6 is 22.6 Å². The van der Waals surface area contributed by atoms with Gasteiger partial charge in [-0.3, -0.25) is 4.79 Å². The number of aryl methyl sites for hydroxylation is 1. The molecular formula is C14H18INO2. The Hall–Kier alpha value is -0.620. The van der Waals surface area contributed by atoms with Crippen molar-refractivity contribution < 1.29 is 9.53 Å². The highest BCUT2D eigenvalue weighted by Crippen LogP contribution is 2.19. The van der Waals surface area contributed by atoms with Gasteiger partial charge >= 0.3 is 0 Å². The SMILES string of the molecule is Cc1ccc(NC(=O)CCC2CCCO2)cc1I. The number of carbonyl (C=O) groups excluding carboxylic acids is 1. The molecule has 1 amide bonds. The zero-order valence-electron chi connectivity index (χ0n) is 10.5. The van der Waals surface area contributed by atoms with E-state index in [-0.39, 0.29) is 12.0 Å². The molecule has 2 rings (SSSR count). The second kappa shape index (κ2) is 6.52. The van der Waals surface area contributed by atoms with Crippen LogP contribution in [0, 0.1) is 10.5 Å². The molecule has 0 saturated carbocycles. The molecule has 3 nitrogen and oxygen atoms in total. The van der Waals surface area contributed by atoms with Crippen LogP contribution in [0.5, 0.6) is 0 Å². The van der Waals surface area contributed by atoms with Crippen molar-refractivity contribution in [2.75, 3.05) is 11.9 Å². The molecule has 0 aromatic heterocycles. The van der Waals surface area contributed by atoms with Gasteiger partial charge in [-0.05, 0) is 66.5 Å². The minimum atomic E-state index is 0.0742. The van der Waals surface area contributed by atoms with Crippen LogP contribution in [0.4, 0.5) is 5.69 Å². The van der Waals surface area contributed by atoms with Crippen LogP contribution in [0.25, 0.3) is 0 Å². The third-order valence-corrected chi connectivity index (χ3v) is 4.34. The molecule has 1 atom stereocenters. The highest BCUT2D eigenvalue weighted by Gasteiger charge is 2.16. The monoisotopic (exact) mass is 359 g/mol. The number of halogens is 1. The Bertz CT molecular complexity index is 428. The van der Waals surface area contributed by atoms with E-state index in [1.165, 1.54) is 9.13 Å². The molecule has 1 fully saturated rings. The Morgan fingerprint density at radius 3 is 3.06 bits per heavy atom. The summed E-state index contributed by atoms with van der Waals surface area (Å²) < 4.78 is 6.68. The molecule has 1 unspecified atom stereocenters. The fourth-order valence-electron chi connectivity index (χ4n) is 2.06. The Kier molecular flexibility index (Phi) is 5.00. The highest BCUT2D eigenvalue weighted by atomic mass is 127. The van der Waals surface area contributed by atoms with E-state index < -0.39 is 0 Å². The fraction of sp³-hybridized carbons (Fsp3) is 0.500. The Labute approximate surface area is 121 Å². The van der Waals surface area contributed by atoms with Crippen molar-refractivity contribution in [2.45, 2.75) is 38.7 Å². The van der Waals surface area contributed by atoms with Crippen molar-refractivity contribution in [3.63, 3.8) is 0 Å². The van der Waals surface area contributed by atoms with Crippen LogP contribution in [0.2, 0.25) is 0 Å². The molecule has 98 valence electrons. The van der Waals surface area contributed by atoms with Gasteiger partial charge in [0.05, 0.1) is 6.10 Å². The number of anilines is 1. The molecule has 0 aliphatic carbocycles. The summed E-state index contributed by atoms with van der Waals surface area (Å²) in [5, 5.41) is 2.93. The maximum absolute atomic E-state index is 11.8. The summed E-state index contributed by atoms with van der Waals surface area (Å²) in [7, 11) is 0. The summed E-state index contributed by atoms with van der Waals surface area (Å²) in [4.78, 5) is 11.8. The van der Waals surface area contributed by atoms with Crippen LogP contribution in [0.15, 0.2) is 18.2 Å². The third-order valence-electron chi connectivity index (χ3n) is 3.17. The third kappa shape index (κ3) is 3.95. The average molecular weight is 359 g/mol. The molecule has 18 heavy (non-hydrogen) atoms. The number of ether oxygens (including phenoxy) is 1. The van der Waals surface area contributed by atoms with Gasteiger partial charge in [-0.25, -0.2) is 0 Å². The van der Waals surface area contributed by atoms with Gasteiger partial charge < -0.3 is 10.1 Å². The van der Waals surface area contributed by atoms with Gasteiger partial charge in [0.2, 0.25) is 5.91 Å². The van der Waals surface area contributed by atoms with Crippen molar-refractivity contribution in [3.05, 3.63) is 27.3 Å². The first kappa shape index (κ1) is 13.8. The minimum Gasteiger partial charge on any atom is -0.378 e. The van der Waals surface area contributed by atoms with Crippen LogP contribution in [0.1, 0.15) is 31.2 Å². The molecule has 1 heterocycles. The first-order valence-electron chi connectivity index (χ1n) is 6.33. The second-order valence-electron chi connectivity index (χ2n) is 4.69. The van der Waals surface area contributed by atoms with Crippen LogP contribution in [-0.2, 0) is 9.53 Å². The average Bonchev–Trinajstić information content (AvgIpc) is 2.84. The van der Waals surface area contributed by atoms with Gasteiger partial charge in [-0.1, -0.05) is 6.07 Å². The molecule has 1 aromatic rings. The van der Waals surface area contributed by atoms with E-state index >= 15 is 0 Å². The molecule has 0 spiro atoms. The molecule has 1 N–H and O–H groups in total. The lowest BCUT2D eigenvalue weighted by Gasteiger charge is -2.10. The topological polar surface area (TPSA) is 38.3 Å². The Morgan fingerprint density at radius 1 is 1.56 bits per heavy atom. The van der Waals surface area contributed by atoms with Crippen molar-refractivity contribution in [1.82, 2.24) is 0 Å². The quantitative estimate of drug-likeness (QED) is 0.836. The molecule has 1 aliphatic rings. The summed E-state index contributed by atoms with van der Waals surface area (Å²) in [5.74, 6) is 0.0742. The zero-order chi connectivity index (χ0) is 13.0. The van der Waals surface area contributed by atoms with Gasteiger partial charge in [0.25, 0.3) is 0 Å². The number of hydrogen-bond donors (Lipinski definition) is 1. The number of amides is 1. The first-order chi connectivity index (χ1) is 8.65. The van der Waals surface area contributed by atoms with Crippen molar-refractivity contribution in [2.24, 2.45) is 0 Å². The van der Waals surface area contributed by atoms with Gasteiger partial charge in [-0.2, -0.15) is 0 Å². The van der Waals surface area contributed by atoms with E-state index in [2.05, 4.69) is 34.8 Å². The van der Waals surface area contributed by atoms with Crippen molar-refractivity contribution >= 4 is 34.2 Å². The fourth-order valence-corrected chi connectivity index (χ4v) is 2.57. The Morgan fingerprint density at radius 2 is 2.39 bits per heavy atom. The number of hydrogen-bond acceptors (Lipinski definition) is 2. The van der Waals surface area contributed by atoms with E-state index in [0.717, 1.165) is 31.6 Å². The molecule has 4 heteroatoms. The lowest BCUT2D eigenvalue weighted by atomic mass is 10.1. The number of rotatable bonds is 4. The molecular weight excluding hydrogens is 341 g/mol. The van der Waals surface area contributed by atoms with E-state index in [4.69, 9.17) is 4.74 Å². The maximum atomic E-state index is 11.8.